The zero-order valence-corrected chi connectivity index (χ0v) is 15.9. The second-order valence-electron chi connectivity index (χ2n) is 5.46. The molecule has 2 rings (SSSR count). The molecule has 0 spiro atoms. The van der Waals surface area contributed by atoms with Crippen molar-refractivity contribution in [3.05, 3.63) is 39.8 Å². The Morgan fingerprint density at radius 1 is 1.25 bits per heavy atom. The Morgan fingerprint density at radius 3 is 2.29 bits per heavy atom. The average molecular weight is 392 g/mol. The summed E-state index contributed by atoms with van der Waals surface area (Å²) in [6.07, 6.45) is 0. The lowest BCUT2D eigenvalue weighted by molar-refractivity contribution is 0.469. The molecule has 24 heavy (non-hydrogen) atoms. The first-order valence-electron chi connectivity index (χ1n) is 7.39. The molecule has 0 atom stereocenters. The van der Waals surface area contributed by atoms with E-state index in [0.717, 1.165) is 0 Å². The average Bonchev–Trinajstić information content (AvgIpc) is 2.85. The summed E-state index contributed by atoms with van der Waals surface area (Å²) in [6, 6.07) is 4.26. The highest BCUT2D eigenvalue weighted by Crippen LogP contribution is 2.30. The minimum Gasteiger partial charge on any atom is -0.378 e. The Hall–Kier alpha value is -1.28. The quantitative estimate of drug-likeness (QED) is 0.760. The van der Waals surface area contributed by atoms with Gasteiger partial charge in [0.15, 0.2) is 5.03 Å². The molecule has 0 aliphatic heterocycles. The van der Waals surface area contributed by atoms with Crippen molar-refractivity contribution in [2.75, 3.05) is 0 Å². The van der Waals surface area contributed by atoms with E-state index < -0.39 is 10.1 Å². The van der Waals surface area contributed by atoms with Gasteiger partial charge in [-0.3, -0.25) is 0 Å². The number of benzene rings is 1. The highest BCUT2D eigenvalue weighted by Gasteiger charge is 2.30. The van der Waals surface area contributed by atoms with Crippen LogP contribution in [0.3, 0.4) is 0 Å². The van der Waals surface area contributed by atoms with E-state index in [1.807, 2.05) is 20.8 Å². The van der Waals surface area contributed by atoms with Gasteiger partial charge in [-0.05, 0) is 18.9 Å². The van der Waals surface area contributed by atoms with E-state index in [1.165, 1.54) is 18.2 Å². The third-order valence-electron chi connectivity index (χ3n) is 3.35. The molecule has 9 heteroatoms. The number of nitrogens with two attached hydrogens (primary N) is 1. The van der Waals surface area contributed by atoms with Crippen LogP contribution in [-0.4, -0.2) is 18.0 Å². The van der Waals surface area contributed by atoms with Crippen molar-refractivity contribution in [1.29, 1.82) is 0 Å². The number of halogens is 2. The molecule has 0 bridgehead atoms. The second kappa shape index (κ2) is 7.31. The molecule has 2 aromatic rings. The monoisotopic (exact) mass is 391 g/mol. The molecule has 0 saturated carbocycles. The van der Waals surface area contributed by atoms with Crippen LogP contribution in [0.4, 0.5) is 0 Å². The Bertz CT molecular complexity index is 828. The molecule has 1 aromatic carbocycles. The molecule has 0 aliphatic carbocycles. The van der Waals surface area contributed by atoms with Crippen LogP contribution in [0.1, 0.15) is 38.2 Å². The first-order chi connectivity index (χ1) is 11.2. The van der Waals surface area contributed by atoms with Crippen molar-refractivity contribution in [2.24, 2.45) is 5.73 Å². The zero-order valence-electron chi connectivity index (χ0n) is 13.6. The predicted octanol–water partition coefficient (Wildman–Crippen LogP) is 3.56. The van der Waals surface area contributed by atoms with Crippen molar-refractivity contribution in [1.82, 2.24) is 9.55 Å². The van der Waals surface area contributed by atoms with Crippen LogP contribution in [-0.2, 0) is 23.2 Å². The van der Waals surface area contributed by atoms with Crippen molar-refractivity contribution in [3.8, 4) is 5.75 Å². The Balaban J connectivity index is 2.58. The summed E-state index contributed by atoms with van der Waals surface area (Å²) in [5.41, 5.74) is 6.11. The van der Waals surface area contributed by atoms with Gasteiger partial charge in [0.25, 0.3) is 0 Å². The Kier molecular flexibility index (Phi) is 5.80. The van der Waals surface area contributed by atoms with Crippen LogP contribution < -0.4 is 9.92 Å². The lowest BCUT2D eigenvalue weighted by Gasteiger charge is -2.13. The van der Waals surface area contributed by atoms with E-state index in [0.29, 0.717) is 18.1 Å². The van der Waals surface area contributed by atoms with Crippen LogP contribution in [0.15, 0.2) is 23.2 Å². The fourth-order valence-electron chi connectivity index (χ4n) is 2.37. The highest BCUT2D eigenvalue weighted by molar-refractivity contribution is 7.87. The molecule has 0 radical (unpaired) electrons. The topological polar surface area (TPSA) is 87.2 Å². The van der Waals surface area contributed by atoms with Crippen LogP contribution >= 0.6 is 23.2 Å². The van der Waals surface area contributed by atoms with Gasteiger partial charge in [0.05, 0.1) is 12.2 Å². The second-order valence-corrected chi connectivity index (χ2v) is 7.80. The number of rotatable bonds is 6. The number of imidazole rings is 1. The van der Waals surface area contributed by atoms with E-state index in [1.54, 1.807) is 4.57 Å². The van der Waals surface area contributed by atoms with Crippen molar-refractivity contribution < 1.29 is 12.6 Å². The summed E-state index contributed by atoms with van der Waals surface area (Å²) in [7, 11) is -4.13. The molecule has 6 nitrogen and oxygen atoms in total. The molecule has 0 unspecified atom stereocenters. The zero-order chi connectivity index (χ0) is 18.1. The Labute approximate surface area is 151 Å². The lowest BCUT2D eigenvalue weighted by Crippen LogP contribution is -2.18. The summed E-state index contributed by atoms with van der Waals surface area (Å²) in [5.74, 6) is 0.423. The van der Waals surface area contributed by atoms with Crippen LogP contribution in [0.2, 0.25) is 10.0 Å². The van der Waals surface area contributed by atoms with Crippen molar-refractivity contribution in [3.63, 3.8) is 0 Å². The Morgan fingerprint density at radius 2 is 1.83 bits per heavy atom. The summed E-state index contributed by atoms with van der Waals surface area (Å²) in [6.45, 7) is 6.07. The fraction of sp³-hybridized carbons (Fsp3) is 0.400. The normalized spacial score (nSPS) is 12.0. The molecule has 0 saturated heterocycles. The smallest absolute Gasteiger partial charge is 0.357 e. The van der Waals surface area contributed by atoms with Gasteiger partial charge in [-0.2, -0.15) is 8.42 Å². The summed E-state index contributed by atoms with van der Waals surface area (Å²) >= 11 is 11.8. The van der Waals surface area contributed by atoms with Crippen molar-refractivity contribution in [2.45, 2.75) is 44.8 Å². The minimum atomic E-state index is -4.13. The third kappa shape index (κ3) is 3.85. The van der Waals surface area contributed by atoms with E-state index in [4.69, 9.17) is 33.1 Å². The summed E-state index contributed by atoms with van der Waals surface area (Å²) in [4.78, 5) is 4.37. The van der Waals surface area contributed by atoms with Crippen LogP contribution in [0, 0.1) is 0 Å². The molecule has 0 amide bonds. The van der Waals surface area contributed by atoms with Gasteiger partial charge >= 0.3 is 10.1 Å². The van der Waals surface area contributed by atoms with Gasteiger partial charge in [-0.1, -0.05) is 37.0 Å². The number of hydrogen-bond acceptors (Lipinski definition) is 5. The first-order valence-corrected chi connectivity index (χ1v) is 9.56. The third-order valence-corrected chi connectivity index (χ3v) is 5.10. The molecule has 132 valence electrons. The molecule has 0 aliphatic rings. The molecule has 1 aromatic heterocycles. The van der Waals surface area contributed by atoms with E-state index in [9.17, 15) is 8.42 Å². The summed E-state index contributed by atoms with van der Waals surface area (Å²) < 4.78 is 32.5. The lowest BCUT2D eigenvalue weighted by atomic mass is 10.1. The van der Waals surface area contributed by atoms with E-state index in [2.05, 4.69) is 4.98 Å². The van der Waals surface area contributed by atoms with E-state index in [-0.39, 0.29) is 33.3 Å². The number of hydrogen-bond donors (Lipinski definition) is 1. The van der Waals surface area contributed by atoms with Gasteiger partial charge in [0, 0.05) is 28.7 Å². The molecular formula is C15H19Cl2N3O3S. The maximum absolute atomic E-state index is 12.8. The largest absolute Gasteiger partial charge is 0.378 e. The van der Waals surface area contributed by atoms with Crippen LogP contribution in [0.25, 0.3) is 0 Å². The molecule has 0 fully saturated rings. The maximum atomic E-state index is 12.8. The van der Waals surface area contributed by atoms with Crippen LogP contribution in [0.5, 0.6) is 5.75 Å². The van der Waals surface area contributed by atoms with Crippen molar-refractivity contribution >= 4 is 33.3 Å². The number of aromatic nitrogens is 2. The summed E-state index contributed by atoms with van der Waals surface area (Å²) in [5, 5.41) is 0.573. The van der Waals surface area contributed by atoms with E-state index >= 15 is 0 Å². The SMILES string of the molecule is CCn1c(CN)nc(C(C)C)c1S(=O)(=O)Oc1cc(Cl)cc(Cl)c1. The van der Waals surface area contributed by atoms with Gasteiger partial charge in [-0.15, -0.1) is 0 Å². The van der Waals surface area contributed by atoms with Gasteiger partial charge in [0.2, 0.25) is 0 Å². The predicted molar refractivity (Wildman–Crippen MR) is 94.2 cm³/mol. The molecular weight excluding hydrogens is 373 g/mol. The molecule has 1 heterocycles. The number of nitrogens with zero attached hydrogens (tertiary/aromatic N) is 2. The minimum absolute atomic E-state index is 0.0107. The molecule has 2 N–H and O–H groups in total. The first kappa shape index (κ1) is 19.1. The van der Waals surface area contributed by atoms with Gasteiger partial charge < -0.3 is 14.5 Å². The fourth-order valence-corrected chi connectivity index (χ4v) is 4.34. The van der Waals surface area contributed by atoms with Gasteiger partial charge in [-0.25, -0.2) is 4.98 Å². The highest BCUT2D eigenvalue weighted by atomic mass is 35.5. The standard InChI is InChI=1S/C15H19Cl2N3O3S/c1-4-20-13(8-18)19-14(9(2)3)15(20)24(21,22)23-12-6-10(16)5-11(17)7-12/h5-7,9H,4,8,18H2,1-3H3. The van der Waals surface area contributed by atoms with Gasteiger partial charge in [0.1, 0.15) is 11.6 Å². The maximum Gasteiger partial charge on any atom is 0.357 e.